The number of thiazole rings is 1. The van der Waals surface area contributed by atoms with E-state index < -0.39 is 0 Å². The Morgan fingerprint density at radius 1 is 1.39 bits per heavy atom. The number of carbonyl (C=O) groups is 2. The number of rotatable bonds is 7. The Labute approximate surface area is 190 Å². The molecule has 0 spiro atoms. The smallest absolute Gasteiger partial charge is 0.350 e. The van der Waals surface area contributed by atoms with Crippen LogP contribution in [-0.2, 0) is 9.47 Å². The first kappa shape index (κ1) is 23.5. The van der Waals surface area contributed by atoms with Crippen LogP contribution >= 0.6 is 22.9 Å². The van der Waals surface area contributed by atoms with Crippen molar-refractivity contribution in [1.29, 1.82) is 0 Å². The van der Waals surface area contributed by atoms with E-state index >= 15 is 0 Å². The Balaban J connectivity index is 1.67. The van der Waals surface area contributed by atoms with Gasteiger partial charge in [0.15, 0.2) is 16.1 Å². The molecule has 9 nitrogen and oxygen atoms in total. The van der Waals surface area contributed by atoms with Crippen LogP contribution in [-0.4, -0.2) is 65.8 Å². The van der Waals surface area contributed by atoms with Crippen LogP contribution in [0.5, 0.6) is 0 Å². The summed E-state index contributed by atoms with van der Waals surface area (Å²) in [6.07, 6.45) is 0.409. The van der Waals surface area contributed by atoms with Crippen molar-refractivity contribution >= 4 is 39.9 Å². The third-order valence-corrected chi connectivity index (χ3v) is 6.66. The number of halogens is 1. The number of esters is 1. The molecule has 170 valence electrons. The largest absolute Gasteiger partial charge is 0.462 e. The van der Waals surface area contributed by atoms with Crippen LogP contribution in [0.2, 0.25) is 5.15 Å². The maximum absolute atomic E-state index is 12.7. The number of hydrogen-bond acceptors (Lipinski definition) is 8. The predicted molar refractivity (Wildman–Crippen MR) is 119 cm³/mol. The van der Waals surface area contributed by atoms with E-state index in [4.69, 9.17) is 21.1 Å². The number of hydrogen-bond donors (Lipinski definition) is 2. The molecule has 3 heterocycles. The highest BCUT2D eigenvalue weighted by Gasteiger charge is 2.33. The van der Waals surface area contributed by atoms with Crippen LogP contribution in [0.1, 0.15) is 64.8 Å². The number of methoxy groups -OCH3 is 1. The molecule has 1 saturated heterocycles. The van der Waals surface area contributed by atoms with Crippen molar-refractivity contribution in [2.75, 3.05) is 31.7 Å². The van der Waals surface area contributed by atoms with Crippen molar-refractivity contribution in [3.63, 3.8) is 0 Å². The van der Waals surface area contributed by atoms with Gasteiger partial charge in [0.25, 0.3) is 5.91 Å². The third kappa shape index (κ3) is 5.19. The Morgan fingerprint density at radius 3 is 2.74 bits per heavy atom. The van der Waals surface area contributed by atoms with Gasteiger partial charge >= 0.3 is 5.97 Å². The van der Waals surface area contributed by atoms with E-state index in [9.17, 15) is 9.59 Å². The zero-order chi connectivity index (χ0) is 22.7. The van der Waals surface area contributed by atoms with Crippen molar-refractivity contribution in [2.24, 2.45) is 0 Å². The van der Waals surface area contributed by atoms with Gasteiger partial charge in [-0.3, -0.25) is 4.79 Å². The van der Waals surface area contributed by atoms with E-state index in [1.807, 2.05) is 13.8 Å². The molecule has 1 amide bonds. The second kappa shape index (κ2) is 9.97. The lowest BCUT2D eigenvalue weighted by Crippen LogP contribution is -2.55. The molecule has 1 aliphatic rings. The predicted octanol–water partition coefficient (Wildman–Crippen LogP) is 3.15. The minimum Gasteiger partial charge on any atom is -0.462 e. The number of carbonyl (C=O) groups excluding carboxylic acids is 2. The minimum absolute atomic E-state index is 0.137. The number of aromatic amines is 1. The average Bonchev–Trinajstić information content (AvgIpc) is 3.31. The minimum atomic E-state index is -0.355. The monoisotopic (exact) mass is 469 g/mol. The van der Waals surface area contributed by atoms with E-state index in [1.165, 1.54) is 11.3 Å². The van der Waals surface area contributed by atoms with E-state index in [0.29, 0.717) is 41.8 Å². The molecule has 1 aliphatic heterocycles. The summed E-state index contributed by atoms with van der Waals surface area (Å²) in [5.74, 6) is -0.338. The molecule has 31 heavy (non-hydrogen) atoms. The summed E-state index contributed by atoms with van der Waals surface area (Å²) in [7, 11) is 1.62. The number of ether oxygens (including phenoxy) is 2. The number of H-pyrrole nitrogens is 1. The van der Waals surface area contributed by atoms with Crippen LogP contribution in [0.4, 0.5) is 5.13 Å². The Kier molecular flexibility index (Phi) is 7.55. The summed E-state index contributed by atoms with van der Waals surface area (Å²) in [5, 5.41) is 4.06. The van der Waals surface area contributed by atoms with Crippen molar-refractivity contribution in [3.05, 3.63) is 27.2 Å². The molecule has 2 aromatic rings. The van der Waals surface area contributed by atoms with Gasteiger partial charge in [-0.25, -0.2) is 14.8 Å². The molecule has 3 rings (SSSR count). The maximum atomic E-state index is 12.7. The van der Waals surface area contributed by atoms with Crippen LogP contribution in [0, 0.1) is 6.92 Å². The maximum Gasteiger partial charge on any atom is 0.350 e. The average molecular weight is 470 g/mol. The lowest BCUT2D eigenvalue weighted by atomic mass is 10.0. The molecule has 2 unspecified atom stereocenters. The fourth-order valence-electron chi connectivity index (χ4n) is 3.49. The molecule has 0 bridgehead atoms. The molecule has 0 aliphatic carbocycles. The van der Waals surface area contributed by atoms with Gasteiger partial charge in [0.1, 0.15) is 4.88 Å². The van der Waals surface area contributed by atoms with Gasteiger partial charge in [0.2, 0.25) is 0 Å². The quantitative estimate of drug-likeness (QED) is 0.599. The molecular weight excluding hydrogens is 442 g/mol. The van der Waals surface area contributed by atoms with Gasteiger partial charge in [0, 0.05) is 20.2 Å². The van der Waals surface area contributed by atoms with Gasteiger partial charge in [-0.15, -0.1) is 0 Å². The molecule has 0 radical (unpaired) electrons. The number of piperidine rings is 1. The highest BCUT2D eigenvalue weighted by atomic mass is 35.5. The molecule has 1 fully saturated rings. The molecule has 2 N–H and O–H groups in total. The van der Waals surface area contributed by atoms with E-state index in [0.717, 1.165) is 10.8 Å². The standard InChI is InChI=1S/C20H28ClN5O4S/c1-6-30-19(28)15-11(4)22-20(31-15)26-8-7-12(13(9-26)29-5)23-18(27)17-24-14(10(2)3)16(21)25-17/h10,12-13H,6-9H2,1-5H3,(H,23,27)(H,24,25). The van der Waals surface area contributed by atoms with Crippen LogP contribution < -0.4 is 10.2 Å². The fourth-order valence-corrected chi connectivity index (χ4v) is 4.84. The second-order valence-electron chi connectivity index (χ2n) is 7.66. The normalized spacial score (nSPS) is 19.0. The van der Waals surface area contributed by atoms with Crippen molar-refractivity contribution in [2.45, 2.75) is 52.2 Å². The van der Waals surface area contributed by atoms with Gasteiger partial charge in [-0.05, 0) is 26.2 Å². The van der Waals surface area contributed by atoms with Crippen LogP contribution in [0.15, 0.2) is 0 Å². The number of imidazole rings is 1. The number of aromatic nitrogens is 3. The zero-order valence-electron chi connectivity index (χ0n) is 18.3. The number of amides is 1. The van der Waals surface area contributed by atoms with Crippen molar-refractivity contribution < 1.29 is 19.1 Å². The Bertz CT molecular complexity index is 944. The number of aryl methyl sites for hydroxylation is 1. The van der Waals surface area contributed by atoms with E-state index in [1.54, 1.807) is 21.0 Å². The molecule has 11 heteroatoms. The van der Waals surface area contributed by atoms with Crippen molar-refractivity contribution in [3.8, 4) is 0 Å². The summed E-state index contributed by atoms with van der Waals surface area (Å²) in [6, 6.07) is -0.189. The molecule has 0 aromatic carbocycles. The first-order valence-electron chi connectivity index (χ1n) is 10.2. The molecule has 2 aromatic heterocycles. The highest BCUT2D eigenvalue weighted by molar-refractivity contribution is 7.17. The third-order valence-electron chi connectivity index (χ3n) is 5.17. The van der Waals surface area contributed by atoms with Gasteiger partial charge in [-0.2, -0.15) is 0 Å². The zero-order valence-corrected chi connectivity index (χ0v) is 19.9. The van der Waals surface area contributed by atoms with Crippen molar-refractivity contribution in [1.82, 2.24) is 20.3 Å². The summed E-state index contributed by atoms with van der Waals surface area (Å²) < 4.78 is 10.8. The topological polar surface area (TPSA) is 109 Å². The number of anilines is 1. The first-order chi connectivity index (χ1) is 14.7. The SMILES string of the molecule is CCOC(=O)c1sc(N2CCC(NC(=O)c3nc(Cl)c(C(C)C)[nH]3)C(OC)C2)nc1C. The summed E-state index contributed by atoms with van der Waals surface area (Å²) in [5.41, 5.74) is 1.39. The molecule has 0 saturated carbocycles. The summed E-state index contributed by atoms with van der Waals surface area (Å²) in [4.78, 5) is 39.1. The highest BCUT2D eigenvalue weighted by Crippen LogP contribution is 2.30. The summed E-state index contributed by atoms with van der Waals surface area (Å²) in [6.45, 7) is 9.05. The fraction of sp³-hybridized carbons (Fsp3) is 0.600. The van der Waals surface area contributed by atoms with E-state index in [2.05, 4.69) is 25.2 Å². The Hall–Kier alpha value is -2.17. The number of nitrogens with one attached hydrogen (secondary N) is 2. The van der Waals surface area contributed by atoms with Gasteiger partial charge < -0.3 is 24.7 Å². The van der Waals surface area contributed by atoms with Crippen LogP contribution in [0.25, 0.3) is 0 Å². The summed E-state index contributed by atoms with van der Waals surface area (Å²) >= 11 is 7.45. The van der Waals surface area contributed by atoms with E-state index in [-0.39, 0.29) is 35.8 Å². The van der Waals surface area contributed by atoms with Gasteiger partial charge in [0.05, 0.1) is 30.1 Å². The lowest BCUT2D eigenvalue weighted by Gasteiger charge is -2.37. The molecule has 2 atom stereocenters. The number of nitrogens with zero attached hydrogens (tertiary/aromatic N) is 3. The first-order valence-corrected chi connectivity index (χ1v) is 11.4. The molecular formula is C20H28ClN5O4S. The van der Waals surface area contributed by atoms with Crippen LogP contribution in [0.3, 0.4) is 0 Å². The van der Waals surface area contributed by atoms with Gasteiger partial charge in [-0.1, -0.05) is 36.8 Å². The lowest BCUT2D eigenvalue weighted by molar-refractivity contribution is 0.0530. The Morgan fingerprint density at radius 2 is 2.13 bits per heavy atom. The second-order valence-corrected chi connectivity index (χ2v) is 9.00.